The van der Waals surface area contributed by atoms with Crippen molar-refractivity contribution < 1.29 is 41.7 Å². The molecular weight excluding hydrogens is 632 g/mol. The predicted octanol–water partition coefficient (Wildman–Crippen LogP) is 6.10. The van der Waals surface area contributed by atoms with Crippen molar-refractivity contribution in [2.75, 3.05) is 39.4 Å². The molecule has 1 aliphatic rings. The Labute approximate surface area is 239 Å². The normalized spacial score (nSPS) is 17.7. The lowest BCUT2D eigenvalue weighted by molar-refractivity contribution is -0.139. The number of rotatable bonds is 10. The minimum absolute atomic E-state index is 0.0520. The van der Waals surface area contributed by atoms with Crippen LogP contribution in [0.2, 0.25) is 0 Å². The van der Waals surface area contributed by atoms with Crippen molar-refractivity contribution in [1.29, 1.82) is 0 Å². The van der Waals surface area contributed by atoms with Gasteiger partial charge in [-0.15, -0.1) is 0 Å². The summed E-state index contributed by atoms with van der Waals surface area (Å²) in [5.74, 6) is -1.44. The maximum atomic E-state index is 13.9. The summed E-state index contributed by atoms with van der Waals surface area (Å²) >= 11 is 1.73. The zero-order valence-corrected chi connectivity index (χ0v) is 24.4. The van der Waals surface area contributed by atoms with Crippen LogP contribution in [0.4, 0.5) is 18.9 Å². The summed E-state index contributed by atoms with van der Waals surface area (Å²) in [5, 5.41) is 0. The second-order valence-corrected chi connectivity index (χ2v) is 10.8. The smallest absolute Gasteiger partial charge is 0.421 e. The summed E-state index contributed by atoms with van der Waals surface area (Å²) in [6, 6.07) is 4.45. The Hall–Kier alpha value is -2.45. The fraction of sp³-hybridized carbons (Fsp3) is 0.519. The highest BCUT2D eigenvalue weighted by Gasteiger charge is 2.37. The zero-order valence-electron chi connectivity index (χ0n) is 22.2. The topological polar surface area (TPSA) is 87.2 Å². The van der Waals surface area contributed by atoms with Gasteiger partial charge < -0.3 is 23.8 Å². The van der Waals surface area contributed by atoms with E-state index in [0.717, 1.165) is 18.9 Å². The third kappa shape index (κ3) is 7.82. The largest absolute Gasteiger partial charge is 0.465 e. The molecule has 1 heterocycles. The molecule has 1 aromatic heterocycles. The van der Waals surface area contributed by atoms with E-state index in [1.54, 1.807) is 22.6 Å². The number of hydrogen-bond acceptors (Lipinski definition) is 7. The third-order valence-electron chi connectivity index (χ3n) is 6.66. The zero-order chi connectivity index (χ0) is 28.7. The number of esters is 1. The van der Waals surface area contributed by atoms with Crippen LogP contribution in [-0.4, -0.2) is 57.4 Å². The van der Waals surface area contributed by atoms with Crippen LogP contribution < -0.4 is 9.64 Å². The van der Waals surface area contributed by atoms with E-state index in [-0.39, 0.29) is 45.6 Å². The van der Waals surface area contributed by atoms with Crippen molar-refractivity contribution in [2.45, 2.75) is 44.8 Å². The lowest BCUT2D eigenvalue weighted by Crippen LogP contribution is -2.49. The van der Waals surface area contributed by atoms with E-state index in [1.807, 2.05) is 0 Å². The van der Waals surface area contributed by atoms with Crippen molar-refractivity contribution in [2.24, 2.45) is 11.8 Å². The van der Waals surface area contributed by atoms with Gasteiger partial charge in [-0.05, 0) is 78.5 Å². The van der Waals surface area contributed by atoms with Crippen molar-refractivity contribution in [3.63, 3.8) is 0 Å². The summed E-state index contributed by atoms with van der Waals surface area (Å²) in [5.41, 5.74) is -0.881. The Morgan fingerprint density at radius 2 is 1.72 bits per heavy atom. The molecule has 0 N–H and O–H groups in total. The molecule has 1 amide bonds. The number of nitrogens with zero attached hydrogens (tertiary/aromatic N) is 2. The summed E-state index contributed by atoms with van der Waals surface area (Å²) < 4.78 is 62.4. The quantitative estimate of drug-likeness (QED) is 0.224. The highest BCUT2D eigenvalue weighted by Crippen LogP contribution is 2.39. The van der Waals surface area contributed by atoms with E-state index in [4.69, 9.17) is 18.9 Å². The monoisotopic (exact) mass is 664 g/mol. The molecule has 12 heteroatoms. The maximum absolute atomic E-state index is 13.9. The molecule has 2 aromatic rings. The minimum atomic E-state index is -4.71. The van der Waals surface area contributed by atoms with Crippen molar-refractivity contribution >= 4 is 40.2 Å². The van der Waals surface area contributed by atoms with Gasteiger partial charge in [0.15, 0.2) is 0 Å². The average Bonchev–Trinajstić information content (AvgIpc) is 2.90. The number of carbonyl (C=O) groups is 2. The predicted molar refractivity (Wildman–Crippen MR) is 146 cm³/mol. The molecule has 1 saturated carbocycles. The van der Waals surface area contributed by atoms with Gasteiger partial charge in [-0.2, -0.15) is 13.2 Å². The van der Waals surface area contributed by atoms with Crippen LogP contribution >= 0.6 is 22.6 Å². The number of anilines is 1. The van der Waals surface area contributed by atoms with E-state index in [1.165, 1.54) is 50.6 Å². The molecule has 0 atom stereocenters. The molecule has 1 aliphatic carbocycles. The first-order chi connectivity index (χ1) is 18.5. The SMILES string of the molecule is COCC(COC)N(c1ccc(Oc2ncc(I)cc2C(F)(F)F)cc1C(=O)OC)C(=O)[C@H]1CC[C@H](C)CC1. The third-order valence-corrected chi connectivity index (χ3v) is 7.25. The van der Waals surface area contributed by atoms with Gasteiger partial charge >= 0.3 is 12.1 Å². The number of carbonyl (C=O) groups excluding carboxylic acids is 2. The molecule has 0 unspecified atom stereocenters. The van der Waals surface area contributed by atoms with Gasteiger partial charge in [-0.3, -0.25) is 4.79 Å². The Balaban J connectivity index is 2.08. The van der Waals surface area contributed by atoms with Crippen molar-refractivity contribution in [1.82, 2.24) is 4.98 Å². The number of amides is 1. The van der Waals surface area contributed by atoms with Gasteiger partial charge in [0.2, 0.25) is 11.8 Å². The molecule has 0 saturated heterocycles. The molecular formula is C27H32F3IN2O6. The van der Waals surface area contributed by atoms with Crippen LogP contribution in [0.1, 0.15) is 48.5 Å². The molecule has 0 radical (unpaired) electrons. The highest BCUT2D eigenvalue weighted by molar-refractivity contribution is 14.1. The molecule has 0 bridgehead atoms. The van der Waals surface area contributed by atoms with E-state index in [2.05, 4.69) is 11.9 Å². The number of methoxy groups -OCH3 is 3. The summed E-state index contributed by atoms with van der Waals surface area (Å²) in [7, 11) is 4.18. The fourth-order valence-corrected chi connectivity index (χ4v) is 5.12. The Bertz CT molecular complexity index is 1150. The number of halogens is 4. The molecule has 214 valence electrons. The van der Waals surface area contributed by atoms with Gasteiger partial charge in [-0.1, -0.05) is 6.92 Å². The molecule has 3 rings (SSSR count). The van der Waals surface area contributed by atoms with Crippen LogP contribution in [0.3, 0.4) is 0 Å². The Morgan fingerprint density at radius 3 is 2.28 bits per heavy atom. The lowest BCUT2D eigenvalue weighted by Gasteiger charge is -2.36. The summed E-state index contributed by atoms with van der Waals surface area (Å²) in [6.45, 7) is 2.41. The van der Waals surface area contributed by atoms with Crippen molar-refractivity contribution in [3.8, 4) is 11.6 Å². The fourth-order valence-electron chi connectivity index (χ4n) is 4.67. The van der Waals surface area contributed by atoms with E-state index in [9.17, 15) is 22.8 Å². The molecule has 0 spiro atoms. The number of benzene rings is 1. The van der Waals surface area contributed by atoms with Gasteiger partial charge in [-0.25, -0.2) is 9.78 Å². The van der Waals surface area contributed by atoms with Gasteiger partial charge in [0.25, 0.3) is 0 Å². The van der Waals surface area contributed by atoms with Crippen LogP contribution in [0.15, 0.2) is 30.5 Å². The Kier molecular flexibility index (Phi) is 11.0. The van der Waals surface area contributed by atoms with Crippen LogP contribution in [0.25, 0.3) is 0 Å². The van der Waals surface area contributed by atoms with E-state index >= 15 is 0 Å². The van der Waals surface area contributed by atoms with Gasteiger partial charge in [0, 0.05) is 29.9 Å². The number of ether oxygens (including phenoxy) is 4. The molecule has 8 nitrogen and oxygen atoms in total. The minimum Gasteiger partial charge on any atom is -0.465 e. The summed E-state index contributed by atoms with van der Waals surface area (Å²) in [6.07, 6.45) is -0.238. The highest BCUT2D eigenvalue weighted by atomic mass is 127. The standard InChI is InChI=1S/C27H32F3IN2O6/c1-16-5-7-17(8-6-16)25(34)33(19(14-36-2)15-37-3)23-10-9-20(12-21(23)26(35)38-4)39-24-22(27(28,29)30)11-18(31)13-32-24/h9-13,16-17,19H,5-8,14-15H2,1-4H3/t16-,17-. The Morgan fingerprint density at radius 1 is 1.08 bits per heavy atom. The van der Waals surface area contributed by atoms with Crippen LogP contribution in [0, 0.1) is 15.4 Å². The second kappa shape index (κ2) is 13.8. The average molecular weight is 664 g/mol. The van der Waals surface area contributed by atoms with E-state index in [0.29, 0.717) is 18.8 Å². The van der Waals surface area contributed by atoms with Crippen LogP contribution in [-0.2, 0) is 25.2 Å². The molecule has 1 aromatic carbocycles. The number of pyridine rings is 1. The first-order valence-corrected chi connectivity index (χ1v) is 13.5. The first-order valence-electron chi connectivity index (χ1n) is 12.4. The maximum Gasteiger partial charge on any atom is 0.421 e. The second-order valence-electron chi connectivity index (χ2n) is 9.51. The van der Waals surface area contributed by atoms with E-state index < -0.39 is 29.6 Å². The lowest BCUT2D eigenvalue weighted by atomic mass is 9.82. The molecule has 39 heavy (non-hydrogen) atoms. The first kappa shape index (κ1) is 31.1. The number of hydrogen-bond donors (Lipinski definition) is 0. The van der Waals surface area contributed by atoms with Gasteiger partial charge in [0.1, 0.15) is 11.3 Å². The number of aromatic nitrogens is 1. The van der Waals surface area contributed by atoms with Crippen LogP contribution in [0.5, 0.6) is 11.6 Å². The molecule has 1 fully saturated rings. The van der Waals surface area contributed by atoms with Crippen molar-refractivity contribution in [3.05, 3.63) is 45.2 Å². The molecule has 0 aliphatic heterocycles. The number of alkyl halides is 3. The summed E-state index contributed by atoms with van der Waals surface area (Å²) in [4.78, 5) is 32.1. The van der Waals surface area contributed by atoms with Gasteiger partial charge in [0.05, 0.1) is 37.6 Å².